The Kier molecular flexibility index (Phi) is 45.8. The van der Waals surface area contributed by atoms with Gasteiger partial charge in [0, 0.05) is 12.8 Å². The van der Waals surface area contributed by atoms with E-state index in [4.69, 9.17) is 23.7 Å². The number of esters is 3. The van der Waals surface area contributed by atoms with Crippen LogP contribution in [-0.2, 0) is 42.9 Å². The third-order valence-electron chi connectivity index (χ3n) is 12.3. The predicted molar refractivity (Wildman–Crippen MR) is 303 cm³/mol. The van der Waals surface area contributed by atoms with Gasteiger partial charge in [0.05, 0.1) is 13.0 Å². The SMILES string of the molecule is CC/C=C\C/C=C\C/C=C\C/C=C\C/C=C\CC(=O)OC1C(OCC(COC(=O)CCCCCCCCC/C=C\C/C=C\CCCCC)OC(=O)CCCCCCC/C=C\C/C=C\CCC)OC(C(=O)O)C(O)C1O. The van der Waals surface area contributed by atoms with Crippen LogP contribution >= 0.6 is 0 Å². The molecule has 6 unspecified atom stereocenters. The van der Waals surface area contributed by atoms with Gasteiger partial charge in [-0.25, -0.2) is 4.79 Å². The number of hydrogen-bond acceptors (Lipinski definition) is 11. The lowest BCUT2D eigenvalue weighted by Gasteiger charge is -2.40. The van der Waals surface area contributed by atoms with E-state index in [1.165, 1.54) is 38.5 Å². The minimum atomic E-state index is -1.94. The Morgan fingerprint density at radius 1 is 0.467 bits per heavy atom. The molecule has 75 heavy (non-hydrogen) atoms. The highest BCUT2D eigenvalue weighted by atomic mass is 16.7. The van der Waals surface area contributed by atoms with Gasteiger partial charge in [-0.15, -0.1) is 0 Å². The number of carboxylic acids is 1. The monoisotopic (exact) mass is 1050 g/mol. The van der Waals surface area contributed by atoms with Crippen LogP contribution in [-0.4, -0.2) is 89.2 Å². The van der Waals surface area contributed by atoms with E-state index in [2.05, 4.69) is 106 Å². The molecule has 1 aliphatic heterocycles. The molecule has 0 spiro atoms. The lowest BCUT2D eigenvalue weighted by molar-refractivity contribution is -0.301. The normalized spacial score (nSPS) is 19.0. The number of aliphatic hydroxyl groups is 2. The van der Waals surface area contributed by atoms with E-state index in [1.54, 1.807) is 12.2 Å². The first-order valence-electron chi connectivity index (χ1n) is 28.9. The summed E-state index contributed by atoms with van der Waals surface area (Å²) in [5, 5.41) is 31.4. The number of carboxylic acid groups (broad SMARTS) is 1. The average molecular weight is 1050 g/mol. The lowest BCUT2D eigenvalue weighted by Crippen LogP contribution is -2.61. The second kappa shape index (κ2) is 50.2. The summed E-state index contributed by atoms with van der Waals surface area (Å²) in [6.07, 6.45) is 55.1. The van der Waals surface area contributed by atoms with Gasteiger partial charge in [-0.2, -0.15) is 0 Å². The van der Waals surface area contributed by atoms with Gasteiger partial charge >= 0.3 is 23.9 Å². The molecule has 1 aliphatic rings. The van der Waals surface area contributed by atoms with Crippen LogP contribution in [0.3, 0.4) is 0 Å². The fraction of sp³-hybridized carbons (Fsp3) is 0.651. The quantitative estimate of drug-likeness (QED) is 0.0228. The highest BCUT2D eigenvalue weighted by Crippen LogP contribution is 2.26. The van der Waals surface area contributed by atoms with Crippen LogP contribution in [0.4, 0.5) is 0 Å². The highest BCUT2D eigenvalue weighted by molar-refractivity contribution is 5.74. The van der Waals surface area contributed by atoms with E-state index in [-0.39, 0.29) is 25.9 Å². The summed E-state index contributed by atoms with van der Waals surface area (Å²) >= 11 is 0. The maximum absolute atomic E-state index is 13.1. The molecule has 0 amide bonds. The third-order valence-corrected chi connectivity index (χ3v) is 12.3. The molecule has 12 nitrogen and oxygen atoms in total. The molecule has 3 N–H and O–H groups in total. The van der Waals surface area contributed by atoms with Crippen LogP contribution in [0, 0.1) is 0 Å². The summed E-state index contributed by atoms with van der Waals surface area (Å²) < 4.78 is 28.2. The lowest BCUT2D eigenvalue weighted by atomic mass is 9.98. The van der Waals surface area contributed by atoms with E-state index in [0.29, 0.717) is 19.3 Å². The number of ether oxygens (including phenoxy) is 5. The summed E-state index contributed by atoms with van der Waals surface area (Å²) in [5.74, 6) is -3.32. The Morgan fingerprint density at radius 3 is 1.40 bits per heavy atom. The number of aliphatic carboxylic acids is 1. The van der Waals surface area contributed by atoms with Crippen molar-refractivity contribution >= 4 is 23.9 Å². The molecule has 1 saturated heterocycles. The van der Waals surface area contributed by atoms with E-state index in [9.17, 15) is 34.5 Å². The number of rotatable bonds is 47. The van der Waals surface area contributed by atoms with Gasteiger partial charge < -0.3 is 39.0 Å². The molecule has 12 heteroatoms. The molecule has 6 atom stereocenters. The second-order valence-electron chi connectivity index (χ2n) is 19.2. The molecule has 0 saturated carbocycles. The standard InChI is InChI=1S/C63H100O12/c1-4-7-10-13-16-19-22-25-27-28-30-32-34-37-40-43-46-49-55(64)71-52-54(73-56(65)50-47-44-41-38-35-31-24-21-18-15-12-9-6-3)53-72-63-61(59(68)58(67)60(75-63)62(69)70)74-57(66)51-48-45-42-39-36-33-29-26-23-20-17-14-11-8-5-2/h8,11-12,15-17,19-21,24-27,29,36,39,45,48,54,58-61,63,67-68H,4-7,9-10,13-14,18,22-23,28,30-35,37-38,40-44,46-47,49-53H2,1-3H3,(H,69,70)/b11-8-,15-12-,19-16-,20-17-,24-21-,27-25-,29-26-,39-36-,48-45-. The van der Waals surface area contributed by atoms with Gasteiger partial charge in [0.1, 0.15) is 18.8 Å². The maximum Gasteiger partial charge on any atom is 0.335 e. The Hall–Kier alpha value is -4.62. The Balaban J connectivity index is 2.76. The zero-order valence-electron chi connectivity index (χ0n) is 46.5. The van der Waals surface area contributed by atoms with E-state index < -0.39 is 67.3 Å². The summed E-state index contributed by atoms with van der Waals surface area (Å²) in [5.41, 5.74) is 0. The number of aliphatic hydroxyl groups excluding tert-OH is 2. The summed E-state index contributed by atoms with van der Waals surface area (Å²) in [4.78, 5) is 51.0. The van der Waals surface area contributed by atoms with Crippen LogP contribution in [0.1, 0.15) is 213 Å². The molecule has 0 aromatic heterocycles. The molecule has 0 aliphatic carbocycles. The first-order valence-corrected chi connectivity index (χ1v) is 28.9. The Morgan fingerprint density at radius 2 is 0.907 bits per heavy atom. The molecule has 0 aromatic rings. The van der Waals surface area contributed by atoms with Crippen molar-refractivity contribution in [1.29, 1.82) is 0 Å². The molecule has 1 heterocycles. The summed E-state index contributed by atoms with van der Waals surface area (Å²) in [6, 6.07) is 0. The van der Waals surface area contributed by atoms with Gasteiger partial charge in [0.2, 0.25) is 0 Å². The Bertz CT molecular complexity index is 1720. The smallest absolute Gasteiger partial charge is 0.335 e. The van der Waals surface area contributed by atoms with Crippen LogP contribution in [0.25, 0.3) is 0 Å². The highest BCUT2D eigenvalue weighted by Gasteiger charge is 2.50. The zero-order valence-corrected chi connectivity index (χ0v) is 46.5. The average Bonchev–Trinajstić information content (AvgIpc) is 3.39. The zero-order chi connectivity index (χ0) is 54.7. The first-order chi connectivity index (χ1) is 36.6. The number of unbranched alkanes of at least 4 members (excludes halogenated alkanes) is 16. The van der Waals surface area contributed by atoms with Gasteiger partial charge in [0.15, 0.2) is 24.6 Å². The fourth-order valence-corrected chi connectivity index (χ4v) is 7.92. The number of allylic oxidation sites excluding steroid dienone is 17. The van der Waals surface area contributed by atoms with E-state index in [0.717, 1.165) is 116 Å². The van der Waals surface area contributed by atoms with Crippen molar-refractivity contribution < 1.29 is 58.2 Å². The molecule has 0 radical (unpaired) electrons. The van der Waals surface area contributed by atoms with Crippen LogP contribution in [0.2, 0.25) is 0 Å². The van der Waals surface area contributed by atoms with Gasteiger partial charge in [-0.05, 0) is 103 Å². The summed E-state index contributed by atoms with van der Waals surface area (Å²) in [6.45, 7) is 5.71. The minimum absolute atomic E-state index is 0.129. The van der Waals surface area contributed by atoms with Crippen LogP contribution in [0.5, 0.6) is 0 Å². The number of carbonyl (C=O) groups excluding carboxylic acids is 3. The van der Waals surface area contributed by atoms with Crippen LogP contribution < -0.4 is 0 Å². The largest absolute Gasteiger partial charge is 0.479 e. The molecule has 0 bridgehead atoms. The van der Waals surface area contributed by atoms with Crippen molar-refractivity contribution in [2.75, 3.05) is 13.2 Å². The fourth-order valence-electron chi connectivity index (χ4n) is 7.92. The molecule has 424 valence electrons. The molecular weight excluding hydrogens is 949 g/mol. The number of carbonyl (C=O) groups is 4. The van der Waals surface area contributed by atoms with Crippen molar-refractivity contribution in [3.8, 4) is 0 Å². The first kappa shape index (κ1) is 68.4. The van der Waals surface area contributed by atoms with Crippen molar-refractivity contribution in [2.45, 2.75) is 250 Å². The van der Waals surface area contributed by atoms with Gasteiger partial charge in [-0.3, -0.25) is 14.4 Å². The summed E-state index contributed by atoms with van der Waals surface area (Å²) in [7, 11) is 0. The minimum Gasteiger partial charge on any atom is -0.479 e. The van der Waals surface area contributed by atoms with E-state index in [1.807, 2.05) is 12.2 Å². The van der Waals surface area contributed by atoms with Crippen LogP contribution in [0.15, 0.2) is 109 Å². The number of hydrogen-bond donors (Lipinski definition) is 3. The Labute approximate surface area is 453 Å². The van der Waals surface area contributed by atoms with Crippen molar-refractivity contribution in [3.63, 3.8) is 0 Å². The van der Waals surface area contributed by atoms with Crippen molar-refractivity contribution in [2.24, 2.45) is 0 Å². The molecule has 0 aromatic carbocycles. The van der Waals surface area contributed by atoms with Crippen molar-refractivity contribution in [1.82, 2.24) is 0 Å². The van der Waals surface area contributed by atoms with E-state index >= 15 is 0 Å². The van der Waals surface area contributed by atoms with Gasteiger partial charge in [0.25, 0.3) is 0 Å². The third kappa shape index (κ3) is 40.3. The predicted octanol–water partition coefficient (Wildman–Crippen LogP) is 14.7. The maximum atomic E-state index is 13.1. The molecule has 1 fully saturated rings. The van der Waals surface area contributed by atoms with Crippen molar-refractivity contribution in [3.05, 3.63) is 109 Å². The second-order valence-corrected chi connectivity index (χ2v) is 19.2. The van der Waals surface area contributed by atoms with Gasteiger partial charge in [-0.1, -0.05) is 201 Å². The molecule has 1 rings (SSSR count). The molecular formula is C63H100O12. The topological polar surface area (TPSA) is 175 Å².